The summed E-state index contributed by atoms with van der Waals surface area (Å²) >= 11 is 3.30. The maximum atomic E-state index is 13.0. The van der Waals surface area contributed by atoms with Crippen molar-refractivity contribution in [2.45, 2.75) is 6.42 Å². The molecule has 0 saturated carbocycles. The van der Waals surface area contributed by atoms with Crippen LogP contribution in [0.25, 0.3) is 5.69 Å². The van der Waals surface area contributed by atoms with E-state index in [9.17, 15) is 14.0 Å². The normalized spacial score (nSPS) is 17.5. The summed E-state index contributed by atoms with van der Waals surface area (Å²) in [7, 11) is 0. The van der Waals surface area contributed by atoms with Gasteiger partial charge in [0.2, 0.25) is 0 Å². The number of hydrogen-bond acceptors (Lipinski definition) is 3. The fourth-order valence-electron chi connectivity index (χ4n) is 2.52. The van der Waals surface area contributed by atoms with Crippen LogP contribution >= 0.6 is 15.9 Å². The number of nitrogens with zero attached hydrogens (tertiary/aromatic N) is 3. The van der Waals surface area contributed by atoms with Gasteiger partial charge >= 0.3 is 5.97 Å². The number of aromatic nitrogens is 2. The van der Waals surface area contributed by atoms with Crippen LogP contribution in [0.5, 0.6) is 0 Å². The summed E-state index contributed by atoms with van der Waals surface area (Å²) in [6.07, 6.45) is 2.06. The minimum atomic E-state index is -0.892. The van der Waals surface area contributed by atoms with Gasteiger partial charge in [0, 0.05) is 19.3 Å². The number of rotatable bonds is 3. The summed E-state index contributed by atoms with van der Waals surface area (Å²) in [4.78, 5) is 25.0. The molecule has 1 aromatic carbocycles. The van der Waals surface area contributed by atoms with E-state index in [2.05, 4.69) is 21.0 Å². The predicted molar refractivity (Wildman–Crippen MR) is 82.9 cm³/mol. The highest BCUT2D eigenvalue weighted by Gasteiger charge is 2.33. The smallest absolute Gasteiger partial charge is 0.308 e. The first kappa shape index (κ1) is 15.7. The van der Waals surface area contributed by atoms with Gasteiger partial charge in [-0.05, 0) is 46.6 Å². The van der Waals surface area contributed by atoms with E-state index in [4.69, 9.17) is 5.11 Å². The third-order valence-electron chi connectivity index (χ3n) is 3.79. The van der Waals surface area contributed by atoms with Crippen molar-refractivity contribution in [3.05, 3.63) is 46.4 Å². The monoisotopic (exact) mass is 381 g/mol. The Morgan fingerprint density at radius 3 is 2.61 bits per heavy atom. The van der Waals surface area contributed by atoms with Gasteiger partial charge in [-0.25, -0.2) is 9.07 Å². The molecule has 1 amide bonds. The maximum absolute atomic E-state index is 13.0. The maximum Gasteiger partial charge on any atom is 0.308 e. The molecule has 120 valence electrons. The number of halogens is 2. The molecule has 0 aliphatic carbocycles. The molecule has 1 N–H and O–H groups in total. The molecule has 8 heteroatoms. The second kappa shape index (κ2) is 6.11. The van der Waals surface area contributed by atoms with Crippen LogP contribution in [0.4, 0.5) is 4.39 Å². The molecule has 1 aliphatic rings. The summed E-state index contributed by atoms with van der Waals surface area (Å²) in [5.41, 5.74) is 0.830. The molecule has 23 heavy (non-hydrogen) atoms. The molecule has 1 unspecified atom stereocenters. The van der Waals surface area contributed by atoms with Crippen molar-refractivity contribution in [2.24, 2.45) is 5.92 Å². The lowest BCUT2D eigenvalue weighted by Gasteiger charge is -2.14. The van der Waals surface area contributed by atoms with Crippen LogP contribution in [0.3, 0.4) is 0 Å². The van der Waals surface area contributed by atoms with E-state index in [1.807, 2.05) is 0 Å². The van der Waals surface area contributed by atoms with Crippen molar-refractivity contribution in [3.8, 4) is 5.69 Å². The largest absolute Gasteiger partial charge is 0.481 e. The first-order chi connectivity index (χ1) is 11.0. The summed E-state index contributed by atoms with van der Waals surface area (Å²) in [6, 6.07) is 5.73. The van der Waals surface area contributed by atoms with Gasteiger partial charge in [0.15, 0.2) is 5.69 Å². The molecule has 0 radical (unpaired) electrons. The number of likely N-dealkylation sites (tertiary alicyclic amines) is 1. The summed E-state index contributed by atoms with van der Waals surface area (Å²) < 4.78 is 15.0. The summed E-state index contributed by atoms with van der Waals surface area (Å²) in [5, 5.41) is 13.2. The third kappa shape index (κ3) is 3.12. The fraction of sp³-hybridized carbons (Fsp3) is 0.267. The second-order valence-electron chi connectivity index (χ2n) is 5.32. The van der Waals surface area contributed by atoms with Gasteiger partial charge in [0.05, 0.1) is 16.1 Å². The molecule has 0 bridgehead atoms. The average molecular weight is 382 g/mol. The van der Waals surface area contributed by atoms with Crippen LogP contribution in [0.1, 0.15) is 16.9 Å². The van der Waals surface area contributed by atoms with Crippen LogP contribution in [0, 0.1) is 11.7 Å². The van der Waals surface area contributed by atoms with Gasteiger partial charge < -0.3 is 10.0 Å². The van der Waals surface area contributed by atoms with Crippen LogP contribution in [-0.4, -0.2) is 44.8 Å². The fourth-order valence-corrected chi connectivity index (χ4v) is 2.96. The predicted octanol–water partition coefficient (Wildman–Crippen LogP) is 2.32. The van der Waals surface area contributed by atoms with Gasteiger partial charge in [-0.1, -0.05) is 0 Å². The minimum absolute atomic E-state index is 0.185. The highest BCUT2D eigenvalue weighted by molar-refractivity contribution is 9.10. The van der Waals surface area contributed by atoms with Crippen molar-refractivity contribution < 1.29 is 19.1 Å². The number of aliphatic carboxylic acids is 1. The van der Waals surface area contributed by atoms with Crippen molar-refractivity contribution in [1.82, 2.24) is 14.7 Å². The van der Waals surface area contributed by atoms with Crippen molar-refractivity contribution in [1.29, 1.82) is 0 Å². The lowest BCUT2D eigenvalue weighted by Crippen LogP contribution is -2.30. The van der Waals surface area contributed by atoms with E-state index in [1.165, 1.54) is 21.7 Å². The number of carbonyl (C=O) groups excluding carboxylic acids is 1. The molecule has 1 saturated heterocycles. The van der Waals surface area contributed by atoms with Crippen LogP contribution in [0.2, 0.25) is 0 Å². The Labute approximate surface area is 139 Å². The Morgan fingerprint density at radius 1 is 1.30 bits per heavy atom. The van der Waals surface area contributed by atoms with Crippen LogP contribution < -0.4 is 0 Å². The molecular formula is C15H13BrFN3O3. The van der Waals surface area contributed by atoms with E-state index in [-0.39, 0.29) is 24.0 Å². The third-order valence-corrected chi connectivity index (χ3v) is 4.37. The zero-order chi connectivity index (χ0) is 16.6. The minimum Gasteiger partial charge on any atom is -0.481 e. The number of benzene rings is 1. The van der Waals surface area contributed by atoms with Crippen LogP contribution in [0.15, 0.2) is 34.9 Å². The van der Waals surface area contributed by atoms with E-state index in [0.29, 0.717) is 23.1 Å². The van der Waals surface area contributed by atoms with Crippen molar-refractivity contribution >= 4 is 27.8 Å². The molecule has 2 heterocycles. The van der Waals surface area contributed by atoms with E-state index < -0.39 is 11.9 Å². The Balaban J connectivity index is 1.82. The first-order valence-corrected chi connectivity index (χ1v) is 7.78. The van der Waals surface area contributed by atoms with Gasteiger partial charge in [-0.3, -0.25) is 9.59 Å². The lowest BCUT2D eigenvalue weighted by atomic mass is 10.1. The lowest BCUT2D eigenvalue weighted by molar-refractivity contribution is -0.141. The number of carboxylic acids is 1. The molecule has 1 aromatic heterocycles. The molecule has 1 fully saturated rings. The van der Waals surface area contributed by atoms with Gasteiger partial charge in [0.1, 0.15) is 5.82 Å². The molecule has 6 nitrogen and oxygen atoms in total. The Kier molecular flexibility index (Phi) is 4.16. The Hall–Kier alpha value is -2.22. The SMILES string of the molecule is O=C(O)C1CCN(C(=O)c2nn(-c3ccc(F)cc3)cc2Br)C1. The second-order valence-corrected chi connectivity index (χ2v) is 6.18. The highest BCUT2D eigenvalue weighted by Crippen LogP contribution is 2.23. The number of carboxylic acid groups (broad SMARTS) is 1. The van der Waals surface area contributed by atoms with Gasteiger partial charge in [-0.15, -0.1) is 0 Å². The molecule has 2 aromatic rings. The van der Waals surface area contributed by atoms with Crippen molar-refractivity contribution in [2.75, 3.05) is 13.1 Å². The number of carbonyl (C=O) groups is 2. The topological polar surface area (TPSA) is 75.4 Å². The number of amides is 1. The zero-order valence-corrected chi connectivity index (χ0v) is 13.5. The summed E-state index contributed by atoms with van der Waals surface area (Å²) in [6.45, 7) is 0.579. The number of hydrogen-bond donors (Lipinski definition) is 1. The van der Waals surface area contributed by atoms with E-state index in [1.54, 1.807) is 18.3 Å². The summed E-state index contributed by atoms with van der Waals surface area (Å²) in [5.74, 6) is -2.09. The first-order valence-electron chi connectivity index (χ1n) is 6.99. The van der Waals surface area contributed by atoms with Gasteiger partial charge in [-0.2, -0.15) is 5.10 Å². The highest BCUT2D eigenvalue weighted by atomic mass is 79.9. The average Bonchev–Trinajstić information content (AvgIpc) is 3.14. The molecule has 3 rings (SSSR count). The molecule has 1 atom stereocenters. The zero-order valence-electron chi connectivity index (χ0n) is 11.9. The van der Waals surface area contributed by atoms with Gasteiger partial charge in [0.25, 0.3) is 5.91 Å². The molecule has 0 spiro atoms. The molecule has 1 aliphatic heterocycles. The molecular weight excluding hydrogens is 369 g/mol. The Morgan fingerprint density at radius 2 is 2.00 bits per heavy atom. The van der Waals surface area contributed by atoms with Crippen molar-refractivity contribution in [3.63, 3.8) is 0 Å². The standard InChI is InChI=1S/C15H13BrFN3O3/c16-12-8-20(11-3-1-10(17)2-4-11)18-13(12)14(21)19-6-5-9(7-19)15(22)23/h1-4,8-9H,5-7H2,(H,22,23). The van der Waals surface area contributed by atoms with E-state index >= 15 is 0 Å². The Bertz CT molecular complexity index is 760. The van der Waals surface area contributed by atoms with E-state index in [0.717, 1.165) is 0 Å². The quantitative estimate of drug-likeness (QED) is 0.884. The van der Waals surface area contributed by atoms with Crippen LogP contribution in [-0.2, 0) is 4.79 Å².